The summed E-state index contributed by atoms with van der Waals surface area (Å²) >= 11 is 0. The topological polar surface area (TPSA) is 101 Å². The second-order valence-corrected chi connectivity index (χ2v) is 4.86. The Balaban J connectivity index is 3.09. The molecule has 0 unspecified atom stereocenters. The van der Waals surface area contributed by atoms with E-state index in [1.54, 1.807) is 25.2 Å². The Kier molecular flexibility index (Phi) is 3.18. The van der Waals surface area contributed by atoms with Crippen molar-refractivity contribution >= 4 is 21.4 Å². The molecule has 0 aliphatic rings. The second-order valence-electron chi connectivity index (χ2n) is 3.30. The number of benzene rings is 1. The summed E-state index contributed by atoms with van der Waals surface area (Å²) in [5, 5.41) is 6.66. The first-order valence-corrected chi connectivity index (χ1v) is 5.71. The SMILES string of the molecule is CN(C)Nc1ccc(S(N)(=O)=O)cc1N. The highest BCUT2D eigenvalue weighted by molar-refractivity contribution is 7.89. The number of nitrogens with two attached hydrogens (primary N) is 2. The molecule has 0 aromatic heterocycles. The van der Waals surface area contributed by atoms with Crippen molar-refractivity contribution in [2.45, 2.75) is 4.90 Å². The van der Waals surface area contributed by atoms with E-state index in [9.17, 15) is 8.42 Å². The van der Waals surface area contributed by atoms with E-state index in [1.165, 1.54) is 12.1 Å². The number of nitrogens with one attached hydrogen (secondary N) is 1. The van der Waals surface area contributed by atoms with E-state index in [2.05, 4.69) is 5.43 Å². The predicted molar refractivity (Wildman–Crippen MR) is 59.5 cm³/mol. The Morgan fingerprint density at radius 2 is 1.93 bits per heavy atom. The van der Waals surface area contributed by atoms with Gasteiger partial charge in [0.05, 0.1) is 16.3 Å². The highest BCUT2D eigenvalue weighted by Gasteiger charge is 2.09. The molecule has 0 atom stereocenters. The Morgan fingerprint density at radius 3 is 2.33 bits per heavy atom. The van der Waals surface area contributed by atoms with Crippen molar-refractivity contribution in [3.05, 3.63) is 18.2 Å². The summed E-state index contributed by atoms with van der Waals surface area (Å²) in [6, 6.07) is 4.29. The molecule has 1 aromatic carbocycles. The molecule has 0 amide bonds. The number of nitrogen functional groups attached to an aromatic ring is 1. The fraction of sp³-hybridized carbons (Fsp3) is 0.250. The molecule has 0 spiro atoms. The quantitative estimate of drug-likeness (QED) is 0.493. The lowest BCUT2D eigenvalue weighted by Crippen LogP contribution is -2.20. The highest BCUT2D eigenvalue weighted by Crippen LogP contribution is 2.21. The fourth-order valence-electron chi connectivity index (χ4n) is 1.06. The molecular formula is C8H14N4O2S. The number of sulfonamides is 1. The number of anilines is 2. The van der Waals surface area contributed by atoms with Crippen LogP contribution in [0.3, 0.4) is 0 Å². The lowest BCUT2D eigenvalue weighted by molar-refractivity contribution is 0.495. The van der Waals surface area contributed by atoms with Gasteiger partial charge in [-0.3, -0.25) is 0 Å². The van der Waals surface area contributed by atoms with E-state index in [0.717, 1.165) is 0 Å². The molecule has 7 heteroatoms. The minimum Gasteiger partial charge on any atom is -0.397 e. The van der Waals surface area contributed by atoms with Crippen LogP contribution in [0.15, 0.2) is 23.1 Å². The molecule has 0 heterocycles. The maximum absolute atomic E-state index is 11.0. The summed E-state index contributed by atoms with van der Waals surface area (Å²) in [5.41, 5.74) is 9.54. The molecule has 6 nitrogen and oxygen atoms in total. The number of primary sulfonamides is 1. The third kappa shape index (κ3) is 3.08. The summed E-state index contributed by atoms with van der Waals surface area (Å²) in [7, 11) is -0.0947. The first-order chi connectivity index (χ1) is 6.80. The van der Waals surface area contributed by atoms with Gasteiger partial charge in [-0.15, -0.1) is 0 Å². The molecule has 15 heavy (non-hydrogen) atoms. The predicted octanol–water partition coefficient (Wildman–Crippen LogP) is -0.195. The number of rotatable bonds is 3. The zero-order valence-electron chi connectivity index (χ0n) is 8.56. The van der Waals surface area contributed by atoms with Crippen molar-refractivity contribution in [2.75, 3.05) is 25.3 Å². The van der Waals surface area contributed by atoms with Gasteiger partial charge >= 0.3 is 0 Å². The molecule has 0 saturated carbocycles. The number of hydrazine groups is 1. The molecule has 84 valence electrons. The van der Waals surface area contributed by atoms with Crippen molar-refractivity contribution in [1.29, 1.82) is 0 Å². The van der Waals surface area contributed by atoms with E-state index < -0.39 is 10.0 Å². The van der Waals surface area contributed by atoms with E-state index in [1.807, 2.05) is 0 Å². The summed E-state index contributed by atoms with van der Waals surface area (Å²) in [6.45, 7) is 0. The summed E-state index contributed by atoms with van der Waals surface area (Å²) in [6.07, 6.45) is 0. The summed E-state index contributed by atoms with van der Waals surface area (Å²) < 4.78 is 22.0. The van der Waals surface area contributed by atoms with Crippen molar-refractivity contribution < 1.29 is 8.42 Å². The van der Waals surface area contributed by atoms with Gasteiger partial charge in [0.15, 0.2) is 0 Å². The Morgan fingerprint density at radius 1 is 1.33 bits per heavy atom. The standard InChI is InChI=1S/C8H14N4O2S/c1-12(2)11-8-4-3-6(5-7(8)9)15(10,13)14/h3-5,11H,9H2,1-2H3,(H2,10,13,14). The zero-order chi connectivity index (χ0) is 11.6. The third-order valence-electron chi connectivity index (χ3n) is 1.70. The molecular weight excluding hydrogens is 216 g/mol. The molecule has 1 aromatic rings. The molecule has 1 rings (SSSR count). The van der Waals surface area contributed by atoms with Gasteiger partial charge in [0.1, 0.15) is 0 Å². The second kappa shape index (κ2) is 4.05. The third-order valence-corrected chi connectivity index (χ3v) is 2.61. The normalized spacial score (nSPS) is 11.7. The molecule has 0 saturated heterocycles. The Hall–Kier alpha value is -1.31. The molecule has 0 bridgehead atoms. The van der Waals surface area contributed by atoms with Gasteiger partial charge in [-0.1, -0.05) is 0 Å². The van der Waals surface area contributed by atoms with Crippen molar-refractivity contribution in [1.82, 2.24) is 5.01 Å². The fourth-order valence-corrected chi connectivity index (χ4v) is 1.61. The number of nitrogens with zero attached hydrogens (tertiary/aromatic N) is 1. The van der Waals surface area contributed by atoms with Crippen LogP contribution in [0.4, 0.5) is 11.4 Å². The van der Waals surface area contributed by atoms with Crippen LogP contribution in [-0.2, 0) is 10.0 Å². The van der Waals surface area contributed by atoms with Gasteiger partial charge < -0.3 is 11.2 Å². The minimum atomic E-state index is -3.69. The minimum absolute atomic E-state index is 0.00399. The molecule has 0 aliphatic heterocycles. The maximum Gasteiger partial charge on any atom is 0.238 e. The number of hydrogen-bond donors (Lipinski definition) is 3. The van der Waals surface area contributed by atoms with Crippen LogP contribution in [0, 0.1) is 0 Å². The molecule has 0 aliphatic carbocycles. The Labute approximate surface area is 88.9 Å². The van der Waals surface area contributed by atoms with Crippen LogP contribution in [0.2, 0.25) is 0 Å². The number of hydrogen-bond acceptors (Lipinski definition) is 5. The monoisotopic (exact) mass is 230 g/mol. The van der Waals surface area contributed by atoms with Crippen molar-refractivity contribution in [3.8, 4) is 0 Å². The van der Waals surface area contributed by atoms with Crippen LogP contribution in [0.5, 0.6) is 0 Å². The zero-order valence-corrected chi connectivity index (χ0v) is 9.38. The van der Waals surface area contributed by atoms with Crippen LogP contribution < -0.4 is 16.3 Å². The van der Waals surface area contributed by atoms with Gasteiger partial charge in [-0.2, -0.15) is 0 Å². The smallest absolute Gasteiger partial charge is 0.238 e. The average molecular weight is 230 g/mol. The van der Waals surface area contributed by atoms with Gasteiger partial charge in [-0.05, 0) is 18.2 Å². The van der Waals surface area contributed by atoms with E-state index in [4.69, 9.17) is 10.9 Å². The van der Waals surface area contributed by atoms with Crippen LogP contribution >= 0.6 is 0 Å². The van der Waals surface area contributed by atoms with Crippen molar-refractivity contribution in [3.63, 3.8) is 0 Å². The van der Waals surface area contributed by atoms with E-state index in [-0.39, 0.29) is 4.90 Å². The first kappa shape index (κ1) is 11.8. The van der Waals surface area contributed by atoms with E-state index >= 15 is 0 Å². The molecule has 0 radical (unpaired) electrons. The molecule has 5 N–H and O–H groups in total. The lowest BCUT2D eigenvalue weighted by atomic mass is 10.3. The summed E-state index contributed by atoms with van der Waals surface area (Å²) in [5.74, 6) is 0. The van der Waals surface area contributed by atoms with Crippen LogP contribution in [0.1, 0.15) is 0 Å². The molecule has 0 fully saturated rings. The first-order valence-electron chi connectivity index (χ1n) is 4.17. The van der Waals surface area contributed by atoms with E-state index in [0.29, 0.717) is 11.4 Å². The van der Waals surface area contributed by atoms with Gasteiger partial charge in [-0.25, -0.2) is 18.6 Å². The van der Waals surface area contributed by atoms with Gasteiger partial charge in [0.2, 0.25) is 10.0 Å². The van der Waals surface area contributed by atoms with Crippen LogP contribution in [-0.4, -0.2) is 27.5 Å². The summed E-state index contributed by atoms with van der Waals surface area (Å²) in [4.78, 5) is 0.00399. The van der Waals surface area contributed by atoms with Gasteiger partial charge in [0, 0.05) is 14.1 Å². The highest BCUT2D eigenvalue weighted by atomic mass is 32.2. The Bertz CT molecular complexity index is 456. The van der Waals surface area contributed by atoms with Crippen LogP contribution in [0.25, 0.3) is 0 Å². The van der Waals surface area contributed by atoms with Gasteiger partial charge in [0.25, 0.3) is 0 Å². The average Bonchev–Trinajstić information content (AvgIpc) is 2.05. The maximum atomic E-state index is 11.0. The van der Waals surface area contributed by atoms with Crippen molar-refractivity contribution in [2.24, 2.45) is 5.14 Å². The lowest BCUT2D eigenvalue weighted by Gasteiger charge is -2.15. The largest absolute Gasteiger partial charge is 0.397 e.